The van der Waals surface area contributed by atoms with E-state index < -0.39 is 12.7 Å². The largest absolute Gasteiger partial charge is 0.488 e. The van der Waals surface area contributed by atoms with E-state index in [0.29, 0.717) is 34.8 Å². The molecule has 0 saturated carbocycles. The molecular formula is C29H27NO4. The van der Waals surface area contributed by atoms with Crippen LogP contribution in [0.3, 0.4) is 0 Å². The lowest BCUT2D eigenvalue weighted by Crippen LogP contribution is -2.07. The van der Waals surface area contributed by atoms with Gasteiger partial charge in [0, 0.05) is 16.3 Å². The number of pyridine rings is 1. The zero-order chi connectivity index (χ0) is 23.7. The summed E-state index contributed by atoms with van der Waals surface area (Å²) < 4.78 is 12.4. The summed E-state index contributed by atoms with van der Waals surface area (Å²) >= 11 is 0. The predicted molar refractivity (Wildman–Crippen MR) is 134 cm³/mol. The van der Waals surface area contributed by atoms with Crippen molar-refractivity contribution in [3.63, 3.8) is 0 Å². The average Bonchev–Trinajstić information content (AvgIpc) is 3.23. The van der Waals surface area contributed by atoms with Crippen molar-refractivity contribution in [3.8, 4) is 17.2 Å². The lowest BCUT2D eigenvalue weighted by Gasteiger charge is -2.18. The van der Waals surface area contributed by atoms with Crippen LogP contribution in [0.25, 0.3) is 33.3 Å². The highest BCUT2D eigenvalue weighted by Gasteiger charge is 2.22. The van der Waals surface area contributed by atoms with Gasteiger partial charge < -0.3 is 19.4 Å². The van der Waals surface area contributed by atoms with Gasteiger partial charge in [0.2, 0.25) is 0 Å². The number of hydrogen-bond acceptors (Lipinski definition) is 5. The van der Waals surface area contributed by atoms with E-state index in [-0.39, 0.29) is 0 Å². The topological polar surface area (TPSA) is 75.7 Å². The molecule has 3 aromatic carbocycles. The first-order valence-corrected chi connectivity index (χ1v) is 11.5. The summed E-state index contributed by atoms with van der Waals surface area (Å²) in [5.74, 6) is 1.28. The van der Waals surface area contributed by atoms with E-state index in [1.54, 1.807) is 0 Å². The summed E-state index contributed by atoms with van der Waals surface area (Å²) in [5.41, 5.74) is 5.79. The highest BCUT2D eigenvalue weighted by atomic mass is 16.5. The van der Waals surface area contributed by atoms with Crippen LogP contribution in [0.15, 0.2) is 77.2 Å². The van der Waals surface area contributed by atoms with Gasteiger partial charge in [0.1, 0.15) is 29.7 Å². The molecular weight excluding hydrogens is 426 g/mol. The van der Waals surface area contributed by atoms with Crippen LogP contribution < -0.4 is 4.74 Å². The molecule has 5 rings (SSSR count). The van der Waals surface area contributed by atoms with Gasteiger partial charge in [0.15, 0.2) is 5.76 Å². The van der Waals surface area contributed by atoms with Gasteiger partial charge in [0.05, 0.1) is 12.1 Å². The van der Waals surface area contributed by atoms with Gasteiger partial charge >= 0.3 is 0 Å². The third-order valence-electron chi connectivity index (χ3n) is 6.26. The van der Waals surface area contributed by atoms with E-state index >= 15 is 0 Å². The van der Waals surface area contributed by atoms with Gasteiger partial charge in [0.25, 0.3) is 0 Å². The van der Waals surface area contributed by atoms with Crippen molar-refractivity contribution < 1.29 is 19.4 Å². The molecule has 2 heterocycles. The van der Waals surface area contributed by atoms with Gasteiger partial charge in [-0.2, -0.15) is 0 Å². The van der Waals surface area contributed by atoms with Crippen molar-refractivity contribution in [1.29, 1.82) is 0 Å². The Morgan fingerprint density at radius 3 is 2.50 bits per heavy atom. The van der Waals surface area contributed by atoms with Crippen molar-refractivity contribution >= 4 is 21.9 Å². The summed E-state index contributed by atoms with van der Waals surface area (Å²) in [7, 11) is 0. The number of aliphatic hydroxyl groups excluding tert-OH is 2. The molecule has 2 N–H and O–H groups in total. The first-order valence-electron chi connectivity index (χ1n) is 11.5. The number of rotatable bonds is 7. The number of nitrogens with zero attached hydrogens (tertiary/aromatic N) is 1. The van der Waals surface area contributed by atoms with Gasteiger partial charge in [-0.1, -0.05) is 61.5 Å². The van der Waals surface area contributed by atoms with Crippen molar-refractivity contribution in [3.05, 3.63) is 95.1 Å². The minimum absolute atomic E-state index is 0.389. The van der Waals surface area contributed by atoms with E-state index in [2.05, 4.69) is 6.92 Å². The number of fused-ring (bicyclic) bond motifs is 2. The molecule has 1 unspecified atom stereocenters. The molecule has 34 heavy (non-hydrogen) atoms. The third kappa shape index (κ3) is 3.94. The molecule has 0 fully saturated rings. The fourth-order valence-corrected chi connectivity index (χ4v) is 4.43. The highest BCUT2D eigenvalue weighted by molar-refractivity contribution is 5.94. The van der Waals surface area contributed by atoms with E-state index in [9.17, 15) is 10.2 Å². The maximum Gasteiger partial charge on any atom is 0.156 e. The quantitative estimate of drug-likeness (QED) is 0.310. The number of hydrogen-bond donors (Lipinski definition) is 2. The molecule has 0 aliphatic rings. The van der Waals surface area contributed by atoms with Gasteiger partial charge in [-0.25, -0.2) is 4.98 Å². The van der Waals surface area contributed by atoms with Crippen LogP contribution in [0.2, 0.25) is 0 Å². The van der Waals surface area contributed by atoms with E-state index in [0.717, 1.165) is 39.6 Å². The molecule has 172 valence electrons. The number of aryl methyl sites for hydroxylation is 2. The molecule has 5 heteroatoms. The molecule has 5 aromatic rings. The number of benzene rings is 3. The second kappa shape index (κ2) is 9.29. The molecule has 0 amide bonds. The number of aromatic nitrogens is 1. The predicted octanol–water partition coefficient (Wildman–Crippen LogP) is 6.12. The SMILES string of the molecule is CCc1ccc(OCc2ccccc2)c2c(C(O)CO)cc(-c3oc4ccccc4c3C)nc12. The monoisotopic (exact) mass is 453 g/mol. The standard InChI is InChI=1S/C29H27NO4/c1-3-20-13-14-26(33-17-19-9-5-4-6-10-19)27-22(24(32)16-31)15-23(30-28(20)27)29-18(2)21-11-7-8-12-25(21)34-29/h4-15,24,31-32H,3,16-17H2,1-2H3. The summed E-state index contributed by atoms with van der Waals surface area (Å²) in [6.07, 6.45) is -0.320. The van der Waals surface area contributed by atoms with E-state index in [1.807, 2.05) is 79.7 Å². The van der Waals surface area contributed by atoms with Crippen molar-refractivity contribution in [2.75, 3.05) is 6.61 Å². The Hall–Kier alpha value is -3.67. The summed E-state index contributed by atoms with van der Waals surface area (Å²) in [5, 5.41) is 22.4. The Morgan fingerprint density at radius 1 is 1.00 bits per heavy atom. The minimum Gasteiger partial charge on any atom is -0.488 e. The van der Waals surface area contributed by atoms with Gasteiger partial charge in [-0.05, 0) is 48.2 Å². The Balaban J connectivity index is 1.71. The molecule has 0 radical (unpaired) electrons. The maximum absolute atomic E-state index is 10.8. The number of ether oxygens (including phenoxy) is 1. The summed E-state index contributed by atoms with van der Waals surface area (Å²) in [6.45, 7) is 4.06. The van der Waals surface area contributed by atoms with Crippen LogP contribution in [-0.4, -0.2) is 21.8 Å². The van der Waals surface area contributed by atoms with Crippen LogP contribution in [0.5, 0.6) is 5.75 Å². The Morgan fingerprint density at radius 2 is 1.76 bits per heavy atom. The van der Waals surface area contributed by atoms with Crippen molar-refractivity contribution in [1.82, 2.24) is 4.98 Å². The fraction of sp³-hybridized carbons (Fsp3) is 0.207. The second-order valence-electron chi connectivity index (χ2n) is 8.42. The van der Waals surface area contributed by atoms with Crippen molar-refractivity contribution in [2.24, 2.45) is 0 Å². The number of para-hydroxylation sites is 1. The molecule has 0 aliphatic heterocycles. The minimum atomic E-state index is -1.08. The molecule has 0 bridgehead atoms. The Labute approximate surface area is 198 Å². The second-order valence-corrected chi connectivity index (χ2v) is 8.42. The first-order chi connectivity index (χ1) is 16.6. The lowest BCUT2D eigenvalue weighted by molar-refractivity contribution is 0.0965. The van der Waals surface area contributed by atoms with Gasteiger partial charge in [-0.15, -0.1) is 0 Å². The van der Waals surface area contributed by atoms with E-state index in [4.69, 9.17) is 14.1 Å². The van der Waals surface area contributed by atoms with Crippen LogP contribution in [0.4, 0.5) is 0 Å². The first kappa shape index (κ1) is 22.1. The smallest absolute Gasteiger partial charge is 0.156 e. The van der Waals surface area contributed by atoms with Crippen LogP contribution in [0, 0.1) is 6.92 Å². The highest BCUT2D eigenvalue weighted by Crippen LogP contribution is 2.39. The fourth-order valence-electron chi connectivity index (χ4n) is 4.43. The Kier molecular flexibility index (Phi) is 6.05. The molecule has 2 aromatic heterocycles. The normalized spacial score (nSPS) is 12.4. The number of furan rings is 1. The Bertz CT molecular complexity index is 1460. The molecule has 5 nitrogen and oxygen atoms in total. The van der Waals surface area contributed by atoms with E-state index in [1.165, 1.54) is 0 Å². The lowest BCUT2D eigenvalue weighted by atomic mass is 9.97. The third-order valence-corrected chi connectivity index (χ3v) is 6.26. The molecule has 0 saturated heterocycles. The zero-order valence-electron chi connectivity index (χ0n) is 19.3. The zero-order valence-corrected chi connectivity index (χ0v) is 19.3. The maximum atomic E-state index is 10.8. The van der Waals surface area contributed by atoms with Crippen LogP contribution in [-0.2, 0) is 13.0 Å². The average molecular weight is 454 g/mol. The van der Waals surface area contributed by atoms with Crippen molar-refractivity contribution in [2.45, 2.75) is 33.0 Å². The van der Waals surface area contributed by atoms with Crippen LogP contribution in [0.1, 0.15) is 35.3 Å². The molecule has 0 aliphatic carbocycles. The van der Waals surface area contributed by atoms with Gasteiger partial charge in [-0.3, -0.25) is 0 Å². The summed E-state index contributed by atoms with van der Waals surface area (Å²) in [4.78, 5) is 5.00. The summed E-state index contributed by atoms with van der Waals surface area (Å²) in [6, 6.07) is 23.6. The molecule has 1 atom stereocenters. The van der Waals surface area contributed by atoms with Crippen LogP contribution >= 0.6 is 0 Å². The number of aliphatic hydroxyl groups is 2. The molecule has 0 spiro atoms.